The molecule has 1 atom stereocenters. The predicted molar refractivity (Wildman–Crippen MR) is 101 cm³/mol. The van der Waals surface area contributed by atoms with Crippen molar-refractivity contribution in [2.75, 3.05) is 46.7 Å². The third kappa shape index (κ3) is 4.85. The molecule has 1 aliphatic heterocycles. The second-order valence-corrected chi connectivity index (χ2v) is 9.80. The van der Waals surface area contributed by atoms with E-state index < -0.39 is 9.84 Å². The van der Waals surface area contributed by atoms with Crippen molar-refractivity contribution in [3.8, 4) is 0 Å². The number of imidazole rings is 1. The molecule has 2 aliphatic rings. The average molecular weight is 385 g/mol. The minimum Gasteiger partial charge on any atom is -0.383 e. The summed E-state index contributed by atoms with van der Waals surface area (Å²) in [6.07, 6.45) is 6.24. The zero-order valence-corrected chi connectivity index (χ0v) is 17.0. The maximum atomic E-state index is 12.7. The number of nitrogens with zero attached hydrogens (tertiary/aromatic N) is 4. The van der Waals surface area contributed by atoms with Gasteiger partial charge in [0.2, 0.25) is 15.0 Å². The number of methoxy groups -OCH3 is 1. The number of hydrogen-bond acceptors (Lipinski definition) is 6. The zero-order chi connectivity index (χ0) is 18.7. The molecular weight excluding hydrogens is 352 g/mol. The van der Waals surface area contributed by atoms with Crippen LogP contribution in [-0.4, -0.2) is 80.5 Å². The van der Waals surface area contributed by atoms with Crippen molar-refractivity contribution < 1.29 is 13.2 Å². The molecule has 0 N–H and O–H groups in total. The minimum atomic E-state index is -3.33. The molecule has 8 heteroatoms. The zero-order valence-electron chi connectivity index (χ0n) is 16.2. The van der Waals surface area contributed by atoms with E-state index in [0.717, 1.165) is 31.6 Å². The highest BCUT2D eigenvalue weighted by Crippen LogP contribution is 2.32. The Morgan fingerprint density at radius 2 is 2.12 bits per heavy atom. The highest BCUT2D eigenvalue weighted by molar-refractivity contribution is 7.91. The average Bonchev–Trinajstić information content (AvgIpc) is 3.14. The summed E-state index contributed by atoms with van der Waals surface area (Å²) in [6, 6.07) is 0.577. The van der Waals surface area contributed by atoms with Gasteiger partial charge < -0.3 is 14.2 Å². The monoisotopic (exact) mass is 384 g/mol. The number of ether oxygens (including phenoxy) is 1. The Labute approximate surface area is 157 Å². The summed E-state index contributed by atoms with van der Waals surface area (Å²) in [5, 5.41) is 0.211. The third-order valence-corrected chi connectivity index (χ3v) is 7.27. The molecular formula is C18H32N4O3S. The van der Waals surface area contributed by atoms with E-state index in [0.29, 0.717) is 31.7 Å². The van der Waals surface area contributed by atoms with E-state index in [1.54, 1.807) is 13.3 Å². The van der Waals surface area contributed by atoms with Crippen LogP contribution in [-0.2, 0) is 27.7 Å². The van der Waals surface area contributed by atoms with Crippen molar-refractivity contribution in [2.45, 2.75) is 50.0 Å². The molecule has 0 aromatic carbocycles. The van der Waals surface area contributed by atoms with Gasteiger partial charge in [-0.3, -0.25) is 4.90 Å². The van der Waals surface area contributed by atoms with Gasteiger partial charge in [0.15, 0.2) is 0 Å². The van der Waals surface area contributed by atoms with E-state index in [4.69, 9.17) is 4.74 Å². The molecule has 1 saturated heterocycles. The fourth-order valence-electron chi connectivity index (χ4n) is 3.77. The Kier molecular flexibility index (Phi) is 6.37. The van der Waals surface area contributed by atoms with Crippen LogP contribution in [0.25, 0.3) is 0 Å². The maximum absolute atomic E-state index is 12.7. The van der Waals surface area contributed by atoms with Gasteiger partial charge in [0.1, 0.15) is 0 Å². The standard InChI is InChI=1S/C18H32N4O3S/c1-20(12-16-5-4-8-21(16)2)13-17-11-19-18(22(17)9-10-25-3)26(23,24)14-15-6-7-15/h11,15-16H,4-10,12-14H2,1-3H3. The molecule has 1 saturated carbocycles. The van der Waals surface area contributed by atoms with E-state index in [9.17, 15) is 8.42 Å². The van der Waals surface area contributed by atoms with Crippen LogP contribution in [0.15, 0.2) is 11.4 Å². The van der Waals surface area contributed by atoms with Gasteiger partial charge in [-0.1, -0.05) is 0 Å². The lowest BCUT2D eigenvalue weighted by atomic mass is 10.2. The molecule has 0 radical (unpaired) electrons. The second kappa shape index (κ2) is 8.37. The Balaban J connectivity index is 1.73. The Morgan fingerprint density at radius 1 is 1.35 bits per heavy atom. The fraction of sp³-hybridized carbons (Fsp3) is 0.833. The largest absolute Gasteiger partial charge is 0.383 e. The fourth-order valence-corrected chi connectivity index (χ4v) is 5.63. The SMILES string of the molecule is COCCn1c(CN(C)CC2CCCN2C)cnc1S(=O)(=O)CC1CC1. The molecule has 1 aromatic heterocycles. The van der Waals surface area contributed by atoms with Gasteiger partial charge in [0, 0.05) is 32.8 Å². The van der Waals surface area contributed by atoms with Gasteiger partial charge in [-0.2, -0.15) is 0 Å². The minimum absolute atomic E-state index is 0.211. The third-order valence-electron chi connectivity index (χ3n) is 5.48. The first kappa shape index (κ1) is 19.8. The number of sulfone groups is 1. The summed E-state index contributed by atoms with van der Waals surface area (Å²) >= 11 is 0. The van der Waals surface area contributed by atoms with Crippen molar-refractivity contribution in [1.29, 1.82) is 0 Å². The Morgan fingerprint density at radius 3 is 2.73 bits per heavy atom. The normalized spacial score (nSPS) is 21.8. The first-order valence-corrected chi connectivity index (χ1v) is 11.2. The molecule has 1 aliphatic carbocycles. The molecule has 7 nitrogen and oxygen atoms in total. The first-order chi connectivity index (χ1) is 12.4. The Hall–Kier alpha value is -0.960. The maximum Gasteiger partial charge on any atom is 0.227 e. The summed E-state index contributed by atoms with van der Waals surface area (Å²) in [4.78, 5) is 8.98. The van der Waals surface area contributed by atoms with Crippen LogP contribution >= 0.6 is 0 Å². The molecule has 0 spiro atoms. The molecule has 0 bridgehead atoms. The lowest BCUT2D eigenvalue weighted by Gasteiger charge is -2.26. The van der Waals surface area contributed by atoms with Gasteiger partial charge >= 0.3 is 0 Å². The van der Waals surface area contributed by atoms with Gasteiger partial charge in [0.05, 0.1) is 24.3 Å². The highest BCUT2D eigenvalue weighted by atomic mass is 32.2. The van der Waals surface area contributed by atoms with E-state index in [1.165, 1.54) is 12.8 Å². The molecule has 2 fully saturated rings. The van der Waals surface area contributed by atoms with Crippen molar-refractivity contribution in [1.82, 2.24) is 19.4 Å². The van der Waals surface area contributed by atoms with Crippen LogP contribution in [0, 0.1) is 5.92 Å². The number of rotatable bonds is 10. The van der Waals surface area contributed by atoms with E-state index in [2.05, 4.69) is 28.9 Å². The molecule has 1 unspecified atom stereocenters. The topological polar surface area (TPSA) is 67.7 Å². The lowest BCUT2D eigenvalue weighted by molar-refractivity contribution is 0.179. The molecule has 0 amide bonds. The van der Waals surface area contributed by atoms with Crippen molar-refractivity contribution in [3.05, 3.63) is 11.9 Å². The van der Waals surface area contributed by atoms with Gasteiger partial charge in [-0.25, -0.2) is 13.4 Å². The van der Waals surface area contributed by atoms with Crippen LogP contribution in [0.3, 0.4) is 0 Å². The summed E-state index contributed by atoms with van der Waals surface area (Å²) in [7, 11) is 2.57. The summed E-state index contributed by atoms with van der Waals surface area (Å²) in [5.74, 6) is 0.538. The van der Waals surface area contributed by atoms with E-state index in [1.807, 2.05) is 4.57 Å². The molecule has 26 heavy (non-hydrogen) atoms. The van der Waals surface area contributed by atoms with Crippen molar-refractivity contribution in [2.24, 2.45) is 5.92 Å². The molecule has 1 aromatic rings. The van der Waals surface area contributed by atoms with Gasteiger partial charge in [0.25, 0.3) is 0 Å². The van der Waals surface area contributed by atoms with Crippen molar-refractivity contribution >= 4 is 9.84 Å². The molecule has 148 valence electrons. The molecule has 2 heterocycles. The van der Waals surface area contributed by atoms with Gasteiger partial charge in [-0.05, 0) is 52.2 Å². The second-order valence-electron chi connectivity index (χ2n) is 7.87. The summed E-state index contributed by atoms with van der Waals surface area (Å²) in [6.45, 7) is 3.83. The van der Waals surface area contributed by atoms with Gasteiger partial charge in [-0.15, -0.1) is 0 Å². The smallest absolute Gasteiger partial charge is 0.227 e. The van der Waals surface area contributed by atoms with E-state index in [-0.39, 0.29) is 10.9 Å². The first-order valence-electron chi connectivity index (χ1n) is 9.55. The van der Waals surface area contributed by atoms with Crippen LogP contribution in [0.2, 0.25) is 0 Å². The number of hydrogen-bond donors (Lipinski definition) is 0. The number of likely N-dealkylation sites (N-methyl/N-ethyl adjacent to an activating group) is 2. The summed E-state index contributed by atoms with van der Waals surface area (Å²) < 4.78 is 32.5. The highest BCUT2D eigenvalue weighted by Gasteiger charge is 2.32. The predicted octanol–water partition coefficient (Wildman–Crippen LogP) is 1.24. The lowest BCUT2D eigenvalue weighted by Crippen LogP contribution is -2.36. The number of aromatic nitrogens is 2. The van der Waals surface area contributed by atoms with Crippen molar-refractivity contribution in [3.63, 3.8) is 0 Å². The Bertz CT molecular complexity index is 699. The van der Waals surface area contributed by atoms with Crippen LogP contribution in [0.4, 0.5) is 0 Å². The van der Waals surface area contributed by atoms with E-state index >= 15 is 0 Å². The summed E-state index contributed by atoms with van der Waals surface area (Å²) in [5.41, 5.74) is 0.944. The molecule has 3 rings (SSSR count). The van der Waals surface area contributed by atoms with Crippen LogP contribution in [0.1, 0.15) is 31.4 Å². The van der Waals surface area contributed by atoms with Crippen LogP contribution < -0.4 is 0 Å². The quantitative estimate of drug-likeness (QED) is 0.605. The van der Waals surface area contributed by atoms with Crippen LogP contribution in [0.5, 0.6) is 0 Å². The number of likely N-dealkylation sites (tertiary alicyclic amines) is 1.